The van der Waals surface area contributed by atoms with Gasteiger partial charge in [-0.1, -0.05) is 38.8 Å². The second-order valence-electron chi connectivity index (χ2n) is 5.46. The summed E-state index contributed by atoms with van der Waals surface area (Å²) in [5.41, 5.74) is 0.957. The third-order valence-electron chi connectivity index (χ3n) is 3.46. The van der Waals surface area contributed by atoms with Gasteiger partial charge in [-0.25, -0.2) is 13.1 Å². The molecule has 0 atom stereocenters. The van der Waals surface area contributed by atoms with E-state index >= 15 is 0 Å². The highest BCUT2D eigenvalue weighted by Crippen LogP contribution is 2.13. The van der Waals surface area contributed by atoms with Gasteiger partial charge in [0.15, 0.2) is 0 Å². The molecule has 2 rings (SSSR count). The molecule has 0 amide bonds. The van der Waals surface area contributed by atoms with Crippen molar-refractivity contribution >= 4 is 10.0 Å². The van der Waals surface area contributed by atoms with Crippen LogP contribution in [0.15, 0.2) is 29.2 Å². The zero-order valence-corrected chi connectivity index (χ0v) is 14.2. The normalized spacial score (nSPS) is 16.1. The maximum Gasteiger partial charge on any atom is 0.240 e. The van der Waals surface area contributed by atoms with Gasteiger partial charge in [0.1, 0.15) is 0 Å². The van der Waals surface area contributed by atoms with Crippen LogP contribution in [0.2, 0.25) is 0 Å². The van der Waals surface area contributed by atoms with E-state index in [1.165, 1.54) is 12.8 Å². The number of nitrogens with one attached hydrogen (secondary N) is 2. The minimum absolute atomic E-state index is 0.0572. The number of benzene rings is 1. The number of piperidine rings is 1. The Morgan fingerprint density at radius 2 is 1.81 bits per heavy atom. The fraction of sp³-hybridized carbons (Fsp3) is 0.625. The summed E-state index contributed by atoms with van der Waals surface area (Å²) in [5.74, 6) is 0. The molecule has 1 fully saturated rings. The van der Waals surface area contributed by atoms with E-state index in [1.54, 1.807) is 18.2 Å². The number of sulfonamides is 1. The van der Waals surface area contributed by atoms with Crippen LogP contribution in [0.1, 0.15) is 45.1 Å². The number of rotatable bonds is 4. The highest BCUT2D eigenvalue weighted by Gasteiger charge is 2.21. The van der Waals surface area contributed by atoms with Crippen LogP contribution in [0, 0.1) is 6.92 Å². The third kappa shape index (κ3) is 6.59. The van der Waals surface area contributed by atoms with Crippen molar-refractivity contribution in [1.29, 1.82) is 0 Å². The van der Waals surface area contributed by atoms with Gasteiger partial charge < -0.3 is 5.32 Å². The largest absolute Gasteiger partial charge is 0.317 e. The van der Waals surface area contributed by atoms with E-state index < -0.39 is 10.0 Å². The Morgan fingerprint density at radius 1 is 1.19 bits per heavy atom. The fourth-order valence-electron chi connectivity index (χ4n) is 2.01. The molecule has 0 radical (unpaired) electrons. The summed E-state index contributed by atoms with van der Waals surface area (Å²) < 4.78 is 27.0. The summed E-state index contributed by atoms with van der Waals surface area (Å²) in [6.07, 6.45) is 4.34. The Kier molecular flexibility index (Phi) is 7.93. The Balaban J connectivity index is 0.000000491. The first-order valence-electron chi connectivity index (χ1n) is 7.79. The summed E-state index contributed by atoms with van der Waals surface area (Å²) in [6.45, 7) is 8.01. The first-order valence-corrected chi connectivity index (χ1v) is 9.27. The maximum atomic E-state index is 12.1. The van der Waals surface area contributed by atoms with E-state index in [0.29, 0.717) is 4.90 Å². The van der Waals surface area contributed by atoms with Gasteiger partial charge in [0, 0.05) is 6.04 Å². The van der Waals surface area contributed by atoms with Gasteiger partial charge in [0.2, 0.25) is 10.0 Å². The second kappa shape index (κ2) is 9.18. The van der Waals surface area contributed by atoms with Gasteiger partial charge in [-0.05, 0) is 50.6 Å². The van der Waals surface area contributed by atoms with Crippen molar-refractivity contribution in [2.45, 2.75) is 57.4 Å². The average Bonchev–Trinajstić information content (AvgIpc) is 2.48. The van der Waals surface area contributed by atoms with Gasteiger partial charge in [-0.2, -0.15) is 0 Å². The van der Waals surface area contributed by atoms with Crippen molar-refractivity contribution in [1.82, 2.24) is 10.0 Å². The lowest BCUT2D eigenvalue weighted by Gasteiger charge is -2.23. The SMILES string of the molecule is CCCC.Cc1cccc(S(=O)(=O)NC2CCNCC2)c1. The lowest BCUT2D eigenvalue weighted by molar-refractivity contribution is 0.427. The highest BCUT2D eigenvalue weighted by molar-refractivity contribution is 7.89. The van der Waals surface area contributed by atoms with Crippen molar-refractivity contribution in [3.05, 3.63) is 29.8 Å². The van der Waals surface area contributed by atoms with E-state index in [2.05, 4.69) is 23.9 Å². The summed E-state index contributed by atoms with van der Waals surface area (Å²) in [5, 5.41) is 3.21. The van der Waals surface area contributed by atoms with Crippen LogP contribution in [0.25, 0.3) is 0 Å². The Labute approximate surface area is 129 Å². The summed E-state index contributed by atoms with van der Waals surface area (Å²) in [7, 11) is -3.36. The first kappa shape index (κ1) is 18.1. The van der Waals surface area contributed by atoms with Crippen molar-refractivity contribution < 1.29 is 8.42 Å². The van der Waals surface area contributed by atoms with Crippen molar-refractivity contribution in [2.24, 2.45) is 0 Å². The maximum absolute atomic E-state index is 12.1. The zero-order chi connectivity index (χ0) is 15.7. The molecule has 120 valence electrons. The molecule has 1 aromatic carbocycles. The molecule has 1 saturated heterocycles. The summed E-state index contributed by atoms with van der Waals surface area (Å²) >= 11 is 0. The number of unbranched alkanes of at least 4 members (excludes halogenated alkanes) is 1. The molecule has 0 saturated carbocycles. The van der Waals surface area contributed by atoms with E-state index in [9.17, 15) is 8.42 Å². The van der Waals surface area contributed by atoms with Gasteiger partial charge >= 0.3 is 0 Å². The topological polar surface area (TPSA) is 58.2 Å². The van der Waals surface area contributed by atoms with E-state index in [1.807, 2.05) is 13.0 Å². The van der Waals surface area contributed by atoms with Crippen LogP contribution >= 0.6 is 0 Å². The lowest BCUT2D eigenvalue weighted by atomic mass is 10.1. The fourth-order valence-corrected chi connectivity index (χ4v) is 3.42. The molecule has 1 heterocycles. The Hall–Kier alpha value is -0.910. The van der Waals surface area contributed by atoms with Crippen LogP contribution in [0.4, 0.5) is 0 Å². The molecule has 1 aliphatic rings. The molecule has 2 N–H and O–H groups in total. The van der Waals surface area contributed by atoms with E-state index in [4.69, 9.17) is 0 Å². The average molecular weight is 312 g/mol. The number of hydrogen-bond acceptors (Lipinski definition) is 3. The van der Waals surface area contributed by atoms with Crippen LogP contribution in [-0.4, -0.2) is 27.5 Å². The van der Waals surface area contributed by atoms with Crippen molar-refractivity contribution in [3.8, 4) is 0 Å². The van der Waals surface area contributed by atoms with Crippen molar-refractivity contribution in [3.63, 3.8) is 0 Å². The van der Waals surface area contributed by atoms with E-state index in [0.717, 1.165) is 31.5 Å². The van der Waals surface area contributed by atoms with Crippen LogP contribution in [0.3, 0.4) is 0 Å². The smallest absolute Gasteiger partial charge is 0.240 e. The molecular weight excluding hydrogens is 284 g/mol. The quantitative estimate of drug-likeness (QED) is 0.899. The van der Waals surface area contributed by atoms with Gasteiger partial charge in [0.25, 0.3) is 0 Å². The molecule has 0 bridgehead atoms. The summed E-state index contributed by atoms with van der Waals surface area (Å²) in [4.78, 5) is 0.357. The van der Waals surface area contributed by atoms with Gasteiger partial charge in [-0.15, -0.1) is 0 Å². The molecular formula is C16H28N2O2S. The minimum atomic E-state index is -3.36. The van der Waals surface area contributed by atoms with E-state index in [-0.39, 0.29) is 6.04 Å². The predicted molar refractivity (Wildman–Crippen MR) is 88.0 cm³/mol. The zero-order valence-electron chi connectivity index (χ0n) is 13.4. The third-order valence-corrected chi connectivity index (χ3v) is 4.98. The molecule has 21 heavy (non-hydrogen) atoms. The molecule has 0 aliphatic carbocycles. The number of aryl methyl sites for hydroxylation is 1. The molecule has 1 aliphatic heterocycles. The second-order valence-corrected chi connectivity index (χ2v) is 7.18. The number of hydrogen-bond donors (Lipinski definition) is 2. The molecule has 0 unspecified atom stereocenters. The van der Waals surface area contributed by atoms with Gasteiger partial charge in [-0.3, -0.25) is 0 Å². The molecule has 1 aromatic rings. The van der Waals surface area contributed by atoms with Gasteiger partial charge in [0.05, 0.1) is 4.90 Å². The van der Waals surface area contributed by atoms with Crippen LogP contribution < -0.4 is 10.0 Å². The predicted octanol–water partition coefficient (Wildman–Crippen LogP) is 2.83. The standard InChI is InChI=1S/C12H18N2O2S.C4H10/c1-10-3-2-4-12(9-10)17(15,16)14-11-5-7-13-8-6-11;1-3-4-2/h2-4,9,11,13-14H,5-8H2,1H3;3-4H2,1-2H3. The molecule has 0 spiro atoms. The van der Waals surface area contributed by atoms with Crippen LogP contribution in [0.5, 0.6) is 0 Å². The Bertz CT molecular complexity index is 507. The van der Waals surface area contributed by atoms with Crippen molar-refractivity contribution in [2.75, 3.05) is 13.1 Å². The first-order chi connectivity index (χ1) is 9.99. The lowest BCUT2D eigenvalue weighted by Crippen LogP contribution is -2.42. The van der Waals surface area contributed by atoms with Crippen LogP contribution in [-0.2, 0) is 10.0 Å². The Morgan fingerprint density at radius 3 is 2.33 bits per heavy atom. The minimum Gasteiger partial charge on any atom is -0.317 e. The molecule has 0 aromatic heterocycles. The highest BCUT2D eigenvalue weighted by atomic mass is 32.2. The summed E-state index contributed by atoms with van der Waals surface area (Å²) in [6, 6.07) is 7.05. The monoisotopic (exact) mass is 312 g/mol. The molecule has 5 heteroatoms. The molecule has 4 nitrogen and oxygen atoms in total.